The van der Waals surface area contributed by atoms with Crippen molar-refractivity contribution >= 4 is 22.9 Å². The molecule has 1 aromatic carbocycles. The Balaban J connectivity index is 2.03. The van der Waals surface area contributed by atoms with Gasteiger partial charge in [-0.05, 0) is 30.3 Å². The molecule has 0 aliphatic carbocycles. The van der Waals surface area contributed by atoms with Crippen LogP contribution in [0.25, 0.3) is 5.70 Å². The van der Waals surface area contributed by atoms with Gasteiger partial charge < -0.3 is 15.5 Å². The van der Waals surface area contributed by atoms with Gasteiger partial charge in [-0.1, -0.05) is 6.07 Å². The summed E-state index contributed by atoms with van der Waals surface area (Å²) in [6.45, 7) is 0.567. The summed E-state index contributed by atoms with van der Waals surface area (Å²) in [6, 6.07) is 12.3. The summed E-state index contributed by atoms with van der Waals surface area (Å²) in [4.78, 5) is 12.7. The van der Waals surface area contributed by atoms with Gasteiger partial charge in [0.1, 0.15) is 5.84 Å². The van der Waals surface area contributed by atoms with E-state index in [4.69, 9.17) is 5.73 Å². The molecule has 0 fully saturated rings. The van der Waals surface area contributed by atoms with E-state index in [2.05, 4.69) is 38.0 Å². The van der Waals surface area contributed by atoms with Crippen LogP contribution in [0.4, 0.5) is 11.4 Å². The minimum Gasteiger partial charge on any atom is -0.386 e. The molecule has 1 aliphatic heterocycles. The number of nitrogens with two attached hydrogens (primary N) is 1. The first-order chi connectivity index (χ1) is 10.6. The molecule has 2 heterocycles. The molecule has 5 nitrogen and oxygen atoms in total. The average Bonchev–Trinajstić information content (AvgIpc) is 2.55. The first-order valence-corrected chi connectivity index (χ1v) is 7.13. The molecule has 0 saturated carbocycles. The van der Waals surface area contributed by atoms with Crippen molar-refractivity contribution in [1.82, 2.24) is 4.98 Å². The third-order valence-corrected chi connectivity index (χ3v) is 3.58. The summed E-state index contributed by atoms with van der Waals surface area (Å²) in [5.41, 5.74) is 10.2. The zero-order valence-corrected chi connectivity index (χ0v) is 12.8. The van der Waals surface area contributed by atoms with Crippen LogP contribution in [0.15, 0.2) is 60.0 Å². The number of pyridine rings is 1. The molecule has 2 N–H and O–H groups in total. The largest absolute Gasteiger partial charge is 0.386 e. The maximum absolute atomic E-state index is 5.94. The van der Waals surface area contributed by atoms with Crippen molar-refractivity contribution < 1.29 is 0 Å². The number of hydrogen-bond acceptors (Lipinski definition) is 5. The predicted octanol–water partition coefficient (Wildman–Crippen LogP) is 2.32. The first-order valence-electron chi connectivity index (χ1n) is 7.13. The second kappa shape index (κ2) is 5.89. The quantitative estimate of drug-likeness (QED) is 0.943. The summed E-state index contributed by atoms with van der Waals surface area (Å²) >= 11 is 0. The van der Waals surface area contributed by atoms with Gasteiger partial charge in [0.25, 0.3) is 0 Å². The van der Waals surface area contributed by atoms with Crippen molar-refractivity contribution in [3.05, 3.63) is 60.6 Å². The van der Waals surface area contributed by atoms with Crippen LogP contribution in [0.5, 0.6) is 0 Å². The van der Waals surface area contributed by atoms with E-state index in [0.29, 0.717) is 12.4 Å². The van der Waals surface area contributed by atoms with Gasteiger partial charge in [0.05, 0.1) is 18.4 Å². The lowest BCUT2D eigenvalue weighted by Crippen LogP contribution is -2.35. The van der Waals surface area contributed by atoms with Crippen LogP contribution in [0.1, 0.15) is 5.56 Å². The van der Waals surface area contributed by atoms with Crippen LogP contribution in [0.3, 0.4) is 0 Å². The van der Waals surface area contributed by atoms with Crippen molar-refractivity contribution in [2.75, 3.05) is 30.4 Å². The number of rotatable bonds is 3. The highest BCUT2D eigenvalue weighted by Crippen LogP contribution is 2.30. The van der Waals surface area contributed by atoms with Crippen LogP contribution in [-0.2, 0) is 0 Å². The molecule has 3 rings (SSSR count). The van der Waals surface area contributed by atoms with Gasteiger partial charge in [-0.15, -0.1) is 0 Å². The normalized spacial score (nSPS) is 14.4. The molecular weight excluding hydrogens is 274 g/mol. The Morgan fingerprint density at radius 2 is 2.05 bits per heavy atom. The number of nitrogens with zero attached hydrogens (tertiary/aromatic N) is 4. The van der Waals surface area contributed by atoms with E-state index >= 15 is 0 Å². The van der Waals surface area contributed by atoms with Gasteiger partial charge in [-0.2, -0.15) is 0 Å². The summed E-state index contributed by atoms with van der Waals surface area (Å²) in [5, 5.41) is 0. The Hall–Kier alpha value is -2.82. The van der Waals surface area contributed by atoms with Crippen LogP contribution >= 0.6 is 0 Å². The number of hydrogen-bond donors (Lipinski definition) is 1. The van der Waals surface area contributed by atoms with E-state index in [1.54, 1.807) is 12.4 Å². The van der Waals surface area contributed by atoms with Crippen molar-refractivity contribution in [3.63, 3.8) is 0 Å². The summed E-state index contributed by atoms with van der Waals surface area (Å²) in [5.74, 6) is 0.600. The Morgan fingerprint density at radius 3 is 2.77 bits per heavy atom. The minimum atomic E-state index is 0.567. The highest BCUT2D eigenvalue weighted by molar-refractivity contribution is 5.95. The molecule has 0 radical (unpaired) electrons. The second-order valence-electron chi connectivity index (χ2n) is 5.38. The van der Waals surface area contributed by atoms with E-state index in [1.165, 1.54) is 0 Å². The number of anilines is 2. The Bertz CT molecular complexity index is 719. The Morgan fingerprint density at radius 1 is 1.18 bits per heavy atom. The molecule has 0 unspecified atom stereocenters. The number of amidine groups is 1. The average molecular weight is 293 g/mol. The molecule has 0 atom stereocenters. The highest BCUT2D eigenvalue weighted by Gasteiger charge is 2.19. The topological polar surface area (TPSA) is 57.8 Å². The highest BCUT2D eigenvalue weighted by atomic mass is 15.2. The Labute approximate surface area is 130 Å². The third kappa shape index (κ3) is 2.79. The third-order valence-electron chi connectivity index (χ3n) is 3.58. The SMILES string of the molecule is CN(C)c1cccc(N2CC(N)=NC=C2c2cccnc2)c1. The number of benzene rings is 1. The fourth-order valence-electron chi connectivity index (χ4n) is 2.42. The van der Waals surface area contributed by atoms with Gasteiger partial charge in [0, 0.05) is 43.4 Å². The zero-order chi connectivity index (χ0) is 15.5. The Kier molecular flexibility index (Phi) is 3.78. The predicted molar refractivity (Wildman–Crippen MR) is 92.0 cm³/mol. The molecule has 0 amide bonds. The summed E-state index contributed by atoms with van der Waals surface area (Å²) in [6.07, 6.45) is 5.41. The molecule has 2 aromatic rings. The fraction of sp³-hybridized carbons (Fsp3) is 0.176. The number of aliphatic imine (C=N–C) groups is 1. The fourth-order valence-corrected chi connectivity index (χ4v) is 2.42. The van der Waals surface area contributed by atoms with Crippen LogP contribution < -0.4 is 15.5 Å². The van der Waals surface area contributed by atoms with E-state index in [-0.39, 0.29) is 0 Å². The standard InChI is InChI=1S/C17H19N5/c1-21(2)14-6-3-7-15(9-14)22-12-17(18)20-11-16(22)13-5-4-8-19-10-13/h3-11H,12H2,1-2H3,(H2,18,20). The lowest BCUT2D eigenvalue weighted by atomic mass is 10.1. The minimum absolute atomic E-state index is 0.567. The first kappa shape index (κ1) is 14.1. The molecule has 0 saturated heterocycles. The van der Waals surface area contributed by atoms with Crippen molar-refractivity contribution in [1.29, 1.82) is 0 Å². The maximum atomic E-state index is 5.94. The van der Waals surface area contributed by atoms with Crippen LogP contribution in [0, 0.1) is 0 Å². The van der Waals surface area contributed by atoms with Crippen LogP contribution in [-0.4, -0.2) is 31.5 Å². The van der Waals surface area contributed by atoms with E-state index in [9.17, 15) is 0 Å². The molecule has 5 heteroatoms. The van der Waals surface area contributed by atoms with Crippen molar-refractivity contribution in [2.45, 2.75) is 0 Å². The summed E-state index contributed by atoms with van der Waals surface area (Å²) < 4.78 is 0. The lowest BCUT2D eigenvalue weighted by Gasteiger charge is -2.30. The van der Waals surface area contributed by atoms with E-state index in [0.717, 1.165) is 22.6 Å². The van der Waals surface area contributed by atoms with Crippen molar-refractivity contribution in [2.24, 2.45) is 10.7 Å². The molecule has 1 aliphatic rings. The van der Waals surface area contributed by atoms with Gasteiger partial charge in [0.2, 0.25) is 0 Å². The lowest BCUT2D eigenvalue weighted by molar-refractivity contribution is 1.08. The monoisotopic (exact) mass is 293 g/mol. The molecule has 1 aromatic heterocycles. The van der Waals surface area contributed by atoms with E-state index in [1.807, 2.05) is 38.5 Å². The smallest absolute Gasteiger partial charge is 0.119 e. The van der Waals surface area contributed by atoms with Crippen LogP contribution in [0.2, 0.25) is 0 Å². The second-order valence-corrected chi connectivity index (χ2v) is 5.38. The molecule has 112 valence electrons. The summed E-state index contributed by atoms with van der Waals surface area (Å²) in [7, 11) is 4.06. The molecule has 22 heavy (non-hydrogen) atoms. The van der Waals surface area contributed by atoms with Gasteiger partial charge >= 0.3 is 0 Å². The van der Waals surface area contributed by atoms with Gasteiger partial charge in [-0.3, -0.25) is 4.98 Å². The zero-order valence-electron chi connectivity index (χ0n) is 12.8. The molecular formula is C17H19N5. The van der Waals surface area contributed by atoms with Gasteiger partial charge in [-0.25, -0.2) is 4.99 Å². The molecule has 0 spiro atoms. The number of aromatic nitrogens is 1. The molecule has 0 bridgehead atoms. The maximum Gasteiger partial charge on any atom is 0.119 e. The van der Waals surface area contributed by atoms with Gasteiger partial charge in [0.15, 0.2) is 0 Å². The van der Waals surface area contributed by atoms with Crippen molar-refractivity contribution in [3.8, 4) is 0 Å². The van der Waals surface area contributed by atoms with E-state index < -0.39 is 0 Å².